The van der Waals surface area contributed by atoms with E-state index in [1.165, 1.54) is 0 Å². The third-order valence-corrected chi connectivity index (χ3v) is 4.41. The zero-order chi connectivity index (χ0) is 18.7. The van der Waals surface area contributed by atoms with Gasteiger partial charge in [0.15, 0.2) is 0 Å². The van der Waals surface area contributed by atoms with Crippen molar-refractivity contribution in [2.75, 3.05) is 5.32 Å². The lowest BCUT2D eigenvalue weighted by molar-refractivity contribution is 0.193. The standard InChI is InChI=1S/C21H24N4O/c1-14(2)25(13-17-8-6-5-7-9-17)21(26)24-18-10-11-19-20(12-18)23-16(4)15(3)22-19/h5-12,14H,13H2,1-4H3,(H,24,26). The lowest BCUT2D eigenvalue weighted by Crippen LogP contribution is -2.39. The van der Waals surface area contributed by atoms with Crippen molar-refractivity contribution in [2.24, 2.45) is 0 Å². The molecule has 26 heavy (non-hydrogen) atoms. The molecule has 1 N–H and O–H groups in total. The number of anilines is 1. The second-order valence-electron chi connectivity index (χ2n) is 6.74. The van der Waals surface area contributed by atoms with Crippen LogP contribution >= 0.6 is 0 Å². The molecule has 2 aromatic carbocycles. The van der Waals surface area contributed by atoms with Crippen molar-refractivity contribution < 1.29 is 4.79 Å². The minimum atomic E-state index is -0.125. The quantitative estimate of drug-likeness (QED) is 0.744. The fraction of sp³-hybridized carbons (Fsp3) is 0.286. The third kappa shape index (κ3) is 3.99. The molecule has 0 radical (unpaired) electrons. The first-order chi connectivity index (χ1) is 12.4. The number of hydrogen-bond donors (Lipinski definition) is 1. The van der Waals surface area contributed by atoms with Crippen LogP contribution in [-0.2, 0) is 6.54 Å². The molecule has 0 spiro atoms. The smallest absolute Gasteiger partial charge is 0.318 e. The van der Waals surface area contributed by atoms with E-state index >= 15 is 0 Å². The molecule has 1 aromatic heterocycles. The number of urea groups is 1. The molecule has 3 aromatic rings. The average Bonchev–Trinajstić information content (AvgIpc) is 2.61. The first-order valence-electron chi connectivity index (χ1n) is 8.80. The van der Waals surface area contributed by atoms with E-state index in [1.807, 2.05) is 81.1 Å². The number of carbonyl (C=O) groups is 1. The highest BCUT2D eigenvalue weighted by molar-refractivity contribution is 5.92. The van der Waals surface area contributed by atoms with E-state index in [2.05, 4.69) is 15.3 Å². The van der Waals surface area contributed by atoms with Crippen LogP contribution in [0.2, 0.25) is 0 Å². The van der Waals surface area contributed by atoms with Crippen LogP contribution in [0.4, 0.5) is 10.5 Å². The third-order valence-electron chi connectivity index (χ3n) is 4.41. The largest absolute Gasteiger partial charge is 0.322 e. The summed E-state index contributed by atoms with van der Waals surface area (Å²) < 4.78 is 0. The molecule has 0 aliphatic rings. The summed E-state index contributed by atoms with van der Waals surface area (Å²) in [5, 5.41) is 2.99. The number of hydrogen-bond acceptors (Lipinski definition) is 3. The maximum Gasteiger partial charge on any atom is 0.322 e. The Morgan fingerprint density at radius 2 is 1.65 bits per heavy atom. The van der Waals surface area contributed by atoms with Crippen LogP contribution in [0.25, 0.3) is 11.0 Å². The van der Waals surface area contributed by atoms with Gasteiger partial charge < -0.3 is 10.2 Å². The molecule has 0 fully saturated rings. The summed E-state index contributed by atoms with van der Waals surface area (Å²) in [4.78, 5) is 23.7. The van der Waals surface area contributed by atoms with Gasteiger partial charge in [0.1, 0.15) is 0 Å². The fourth-order valence-corrected chi connectivity index (χ4v) is 2.77. The Hall–Kier alpha value is -2.95. The molecule has 3 rings (SSSR count). The number of aryl methyl sites for hydroxylation is 2. The highest BCUT2D eigenvalue weighted by atomic mass is 16.2. The summed E-state index contributed by atoms with van der Waals surface area (Å²) in [5.74, 6) is 0. The van der Waals surface area contributed by atoms with E-state index in [9.17, 15) is 4.79 Å². The Bertz CT molecular complexity index is 922. The van der Waals surface area contributed by atoms with Crippen LogP contribution in [-0.4, -0.2) is 26.9 Å². The van der Waals surface area contributed by atoms with Gasteiger partial charge in [-0.2, -0.15) is 0 Å². The molecule has 0 aliphatic carbocycles. The first kappa shape index (κ1) is 17.9. The summed E-state index contributed by atoms with van der Waals surface area (Å²) in [6, 6.07) is 15.6. The molecule has 0 unspecified atom stereocenters. The summed E-state index contributed by atoms with van der Waals surface area (Å²) in [6.45, 7) is 8.48. The number of nitrogens with zero attached hydrogens (tertiary/aromatic N) is 3. The SMILES string of the molecule is Cc1nc2ccc(NC(=O)N(Cc3ccccc3)C(C)C)cc2nc1C. The van der Waals surface area contributed by atoms with Gasteiger partial charge in [-0.1, -0.05) is 30.3 Å². The number of nitrogens with one attached hydrogen (secondary N) is 1. The Kier molecular flexibility index (Phi) is 5.16. The zero-order valence-electron chi connectivity index (χ0n) is 15.7. The van der Waals surface area contributed by atoms with Crippen LogP contribution in [0.1, 0.15) is 30.8 Å². The number of benzene rings is 2. The number of fused-ring (bicyclic) bond motifs is 1. The van der Waals surface area contributed by atoms with Crippen molar-refractivity contribution in [2.45, 2.75) is 40.3 Å². The van der Waals surface area contributed by atoms with Gasteiger partial charge in [-0.25, -0.2) is 14.8 Å². The van der Waals surface area contributed by atoms with Crippen molar-refractivity contribution in [1.29, 1.82) is 0 Å². The van der Waals surface area contributed by atoms with Crippen LogP contribution in [0.3, 0.4) is 0 Å². The second kappa shape index (κ2) is 7.52. The molecular weight excluding hydrogens is 324 g/mol. The minimum Gasteiger partial charge on any atom is -0.318 e. The van der Waals surface area contributed by atoms with E-state index < -0.39 is 0 Å². The summed E-state index contributed by atoms with van der Waals surface area (Å²) in [5.41, 5.74) is 5.25. The molecular formula is C21H24N4O. The van der Waals surface area contributed by atoms with Crippen molar-refractivity contribution >= 4 is 22.8 Å². The molecule has 0 bridgehead atoms. The van der Waals surface area contributed by atoms with Crippen molar-refractivity contribution in [3.05, 3.63) is 65.5 Å². The summed E-state index contributed by atoms with van der Waals surface area (Å²) in [6.07, 6.45) is 0. The zero-order valence-corrected chi connectivity index (χ0v) is 15.7. The van der Waals surface area contributed by atoms with E-state index in [0.717, 1.165) is 33.7 Å². The Morgan fingerprint density at radius 3 is 2.31 bits per heavy atom. The van der Waals surface area contributed by atoms with Gasteiger partial charge in [0.2, 0.25) is 0 Å². The molecule has 0 atom stereocenters. The maximum absolute atomic E-state index is 12.8. The lowest BCUT2D eigenvalue weighted by atomic mass is 10.2. The van der Waals surface area contributed by atoms with Gasteiger partial charge in [0.25, 0.3) is 0 Å². The molecule has 0 saturated heterocycles. The molecule has 134 valence electrons. The van der Waals surface area contributed by atoms with Crippen molar-refractivity contribution in [3.63, 3.8) is 0 Å². The van der Waals surface area contributed by atoms with Crippen LogP contribution < -0.4 is 5.32 Å². The van der Waals surface area contributed by atoms with Crippen molar-refractivity contribution in [1.82, 2.24) is 14.9 Å². The van der Waals surface area contributed by atoms with Gasteiger partial charge in [-0.15, -0.1) is 0 Å². The Labute approximate surface area is 154 Å². The molecule has 2 amide bonds. The van der Waals surface area contributed by atoms with Crippen LogP contribution in [0, 0.1) is 13.8 Å². The summed E-state index contributed by atoms with van der Waals surface area (Å²) in [7, 11) is 0. The van der Waals surface area contributed by atoms with Gasteiger partial charge in [-0.05, 0) is 51.5 Å². The van der Waals surface area contributed by atoms with Crippen LogP contribution in [0.15, 0.2) is 48.5 Å². The predicted octanol–water partition coefficient (Wildman–Crippen LogP) is 4.69. The normalized spacial score (nSPS) is 11.0. The maximum atomic E-state index is 12.8. The topological polar surface area (TPSA) is 58.1 Å². The lowest BCUT2D eigenvalue weighted by Gasteiger charge is -2.27. The molecule has 0 aliphatic heterocycles. The van der Waals surface area contributed by atoms with E-state index in [1.54, 1.807) is 0 Å². The van der Waals surface area contributed by atoms with E-state index in [4.69, 9.17) is 0 Å². The van der Waals surface area contributed by atoms with Gasteiger partial charge in [0.05, 0.1) is 22.4 Å². The van der Waals surface area contributed by atoms with Gasteiger partial charge in [-0.3, -0.25) is 0 Å². The van der Waals surface area contributed by atoms with Gasteiger partial charge >= 0.3 is 6.03 Å². The van der Waals surface area contributed by atoms with Gasteiger partial charge in [0, 0.05) is 18.3 Å². The minimum absolute atomic E-state index is 0.0837. The van der Waals surface area contributed by atoms with E-state index in [-0.39, 0.29) is 12.1 Å². The average molecular weight is 348 g/mol. The highest BCUT2D eigenvalue weighted by Crippen LogP contribution is 2.19. The fourth-order valence-electron chi connectivity index (χ4n) is 2.77. The first-order valence-corrected chi connectivity index (χ1v) is 8.80. The van der Waals surface area contributed by atoms with Crippen LogP contribution in [0.5, 0.6) is 0 Å². The second-order valence-corrected chi connectivity index (χ2v) is 6.74. The highest BCUT2D eigenvalue weighted by Gasteiger charge is 2.17. The Morgan fingerprint density at radius 1 is 1.00 bits per heavy atom. The molecule has 5 heteroatoms. The number of rotatable bonds is 4. The monoisotopic (exact) mass is 348 g/mol. The molecule has 5 nitrogen and oxygen atoms in total. The van der Waals surface area contributed by atoms with Crippen molar-refractivity contribution in [3.8, 4) is 0 Å². The summed E-state index contributed by atoms with van der Waals surface area (Å²) >= 11 is 0. The molecule has 1 heterocycles. The Balaban J connectivity index is 1.80. The predicted molar refractivity (Wildman–Crippen MR) is 105 cm³/mol. The van der Waals surface area contributed by atoms with E-state index in [0.29, 0.717) is 6.54 Å². The number of carbonyl (C=O) groups excluding carboxylic acids is 1. The molecule has 0 saturated carbocycles. The number of amides is 2. The number of aromatic nitrogens is 2.